The van der Waals surface area contributed by atoms with Crippen LogP contribution in [0.2, 0.25) is 0 Å². The smallest absolute Gasteiger partial charge is 0.328 e. The Kier molecular flexibility index (Phi) is 3.22. The number of imidazole rings is 1. The lowest BCUT2D eigenvalue weighted by molar-refractivity contribution is 0.412. The van der Waals surface area contributed by atoms with E-state index < -0.39 is 15.2 Å². The molecule has 0 spiro atoms. The van der Waals surface area contributed by atoms with E-state index in [1.165, 1.54) is 12.1 Å². The predicted molar refractivity (Wildman–Crippen MR) is 103 cm³/mol. The SMILES string of the molecule is Cn1c(-c2ccc(S(=O)(=O)O)o2)nc2c3ccccc3c3ccccc3c21. The molecule has 0 unspecified atom stereocenters. The topological polar surface area (TPSA) is 85.3 Å². The normalized spacial score (nSPS) is 12.4. The maximum Gasteiger partial charge on any atom is 0.328 e. The molecule has 5 aromatic rings. The Morgan fingerprint density at radius 3 is 2.11 bits per heavy atom. The minimum Gasteiger partial charge on any atom is -0.439 e. The molecule has 0 radical (unpaired) electrons. The molecular weight excluding hydrogens is 364 g/mol. The lowest BCUT2D eigenvalue weighted by Gasteiger charge is -2.07. The van der Waals surface area contributed by atoms with Crippen molar-refractivity contribution < 1.29 is 17.4 Å². The van der Waals surface area contributed by atoms with Gasteiger partial charge in [-0.1, -0.05) is 48.5 Å². The highest BCUT2D eigenvalue weighted by molar-refractivity contribution is 7.85. The van der Waals surface area contributed by atoms with Crippen LogP contribution in [0.5, 0.6) is 0 Å². The summed E-state index contributed by atoms with van der Waals surface area (Å²) in [6.45, 7) is 0. The van der Waals surface area contributed by atoms with Crippen LogP contribution in [0.4, 0.5) is 0 Å². The molecule has 0 fully saturated rings. The van der Waals surface area contributed by atoms with Crippen LogP contribution in [0.25, 0.3) is 44.2 Å². The first-order valence-corrected chi connectivity index (χ1v) is 9.73. The highest BCUT2D eigenvalue weighted by Gasteiger charge is 2.21. The highest BCUT2D eigenvalue weighted by Crippen LogP contribution is 2.37. The molecule has 27 heavy (non-hydrogen) atoms. The summed E-state index contributed by atoms with van der Waals surface area (Å²) in [5, 5.41) is 3.78. The summed E-state index contributed by atoms with van der Waals surface area (Å²) in [6.07, 6.45) is 0. The van der Waals surface area contributed by atoms with E-state index in [4.69, 9.17) is 9.40 Å². The first kappa shape index (κ1) is 16.0. The number of rotatable bonds is 2. The molecule has 0 bridgehead atoms. The minimum atomic E-state index is -4.41. The van der Waals surface area contributed by atoms with Gasteiger partial charge < -0.3 is 8.98 Å². The summed E-state index contributed by atoms with van der Waals surface area (Å²) in [6, 6.07) is 18.9. The minimum absolute atomic E-state index is 0.273. The van der Waals surface area contributed by atoms with Gasteiger partial charge in [0.05, 0.1) is 11.0 Å². The zero-order valence-electron chi connectivity index (χ0n) is 14.2. The second-order valence-corrected chi connectivity index (χ2v) is 7.73. The van der Waals surface area contributed by atoms with Gasteiger partial charge in [-0.15, -0.1) is 0 Å². The van der Waals surface area contributed by atoms with Crippen molar-refractivity contribution >= 4 is 42.7 Å². The fourth-order valence-corrected chi connectivity index (χ4v) is 4.08. The summed E-state index contributed by atoms with van der Waals surface area (Å²) in [7, 11) is -2.54. The van der Waals surface area contributed by atoms with E-state index in [0.717, 1.165) is 32.6 Å². The van der Waals surface area contributed by atoms with E-state index >= 15 is 0 Å². The zero-order chi connectivity index (χ0) is 18.8. The number of aromatic nitrogens is 2. The summed E-state index contributed by atoms with van der Waals surface area (Å²) >= 11 is 0. The summed E-state index contributed by atoms with van der Waals surface area (Å²) in [4.78, 5) is 4.75. The lowest BCUT2D eigenvalue weighted by Crippen LogP contribution is -1.95. The first-order valence-electron chi connectivity index (χ1n) is 8.29. The van der Waals surface area contributed by atoms with Gasteiger partial charge in [0.15, 0.2) is 11.6 Å². The third kappa shape index (κ3) is 2.29. The van der Waals surface area contributed by atoms with Crippen LogP contribution in [-0.2, 0) is 17.2 Å². The molecule has 7 heteroatoms. The lowest BCUT2D eigenvalue weighted by atomic mass is 10.00. The number of furan rings is 1. The molecule has 0 aliphatic carbocycles. The number of aryl methyl sites for hydroxylation is 1. The van der Waals surface area contributed by atoms with Crippen LogP contribution < -0.4 is 0 Å². The van der Waals surface area contributed by atoms with Crippen molar-refractivity contribution in [2.45, 2.75) is 5.09 Å². The fraction of sp³-hybridized carbons (Fsp3) is 0.0500. The van der Waals surface area contributed by atoms with E-state index in [1.807, 2.05) is 48.0 Å². The Balaban J connectivity index is 1.92. The maximum absolute atomic E-state index is 11.3. The van der Waals surface area contributed by atoms with E-state index in [1.54, 1.807) is 0 Å². The van der Waals surface area contributed by atoms with Gasteiger partial charge in [0, 0.05) is 17.8 Å². The Morgan fingerprint density at radius 1 is 0.889 bits per heavy atom. The van der Waals surface area contributed by atoms with Crippen LogP contribution >= 0.6 is 0 Å². The summed E-state index contributed by atoms with van der Waals surface area (Å²) in [5.41, 5.74) is 1.75. The molecule has 0 atom stereocenters. The highest BCUT2D eigenvalue weighted by atomic mass is 32.2. The standard InChI is InChI=1S/C20H14N2O4S/c1-22-19-15-9-5-3-7-13(15)12-6-2-4-8-14(12)18(19)21-20(22)16-10-11-17(26-16)27(23,24)25/h2-11H,1H3,(H,23,24,25). The number of benzene rings is 3. The molecule has 0 aliphatic heterocycles. The van der Waals surface area contributed by atoms with Crippen molar-refractivity contribution in [2.24, 2.45) is 7.05 Å². The average Bonchev–Trinajstić information content (AvgIpc) is 3.27. The van der Waals surface area contributed by atoms with E-state index in [0.29, 0.717) is 5.82 Å². The molecule has 5 rings (SSSR count). The van der Waals surface area contributed by atoms with Crippen LogP contribution in [0.1, 0.15) is 0 Å². The van der Waals surface area contributed by atoms with Gasteiger partial charge in [0.25, 0.3) is 0 Å². The van der Waals surface area contributed by atoms with Gasteiger partial charge in [0.1, 0.15) is 0 Å². The number of fused-ring (bicyclic) bond motifs is 6. The van der Waals surface area contributed by atoms with Crippen molar-refractivity contribution in [1.82, 2.24) is 9.55 Å². The van der Waals surface area contributed by atoms with Gasteiger partial charge in [-0.25, -0.2) is 4.98 Å². The largest absolute Gasteiger partial charge is 0.439 e. The van der Waals surface area contributed by atoms with Gasteiger partial charge in [0.2, 0.25) is 5.09 Å². The van der Waals surface area contributed by atoms with Crippen molar-refractivity contribution in [1.29, 1.82) is 0 Å². The quantitative estimate of drug-likeness (QED) is 0.364. The molecule has 0 saturated heterocycles. The van der Waals surface area contributed by atoms with Crippen molar-refractivity contribution in [3.8, 4) is 11.6 Å². The third-order valence-electron chi connectivity index (χ3n) is 4.81. The molecule has 6 nitrogen and oxygen atoms in total. The second kappa shape index (κ2) is 5.42. The zero-order valence-corrected chi connectivity index (χ0v) is 15.1. The van der Waals surface area contributed by atoms with E-state index in [9.17, 15) is 13.0 Å². The molecule has 2 aromatic heterocycles. The van der Waals surface area contributed by atoms with Crippen molar-refractivity contribution in [3.05, 3.63) is 60.7 Å². The van der Waals surface area contributed by atoms with Crippen LogP contribution in [0.3, 0.4) is 0 Å². The van der Waals surface area contributed by atoms with Crippen molar-refractivity contribution in [3.63, 3.8) is 0 Å². The average molecular weight is 378 g/mol. The van der Waals surface area contributed by atoms with Gasteiger partial charge in [-0.3, -0.25) is 4.55 Å². The Hall–Kier alpha value is -3.16. The van der Waals surface area contributed by atoms with E-state index in [-0.39, 0.29) is 5.76 Å². The van der Waals surface area contributed by atoms with Crippen molar-refractivity contribution in [2.75, 3.05) is 0 Å². The molecule has 2 heterocycles. The van der Waals surface area contributed by atoms with Gasteiger partial charge >= 0.3 is 10.1 Å². The molecule has 0 amide bonds. The molecular formula is C20H14N2O4S. The Labute approximate surface area is 154 Å². The second-order valence-electron chi connectivity index (χ2n) is 6.38. The molecule has 134 valence electrons. The van der Waals surface area contributed by atoms with Crippen LogP contribution in [0.15, 0.2) is 70.2 Å². The molecule has 0 saturated carbocycles. The third-order valence-corrected chi connectivity index (χ3v) is 5.53. The number of hydrogen-bond acceptors (Lipinski definition) is 4. The monoisotopic (exact) mass is 378 g/mol. The summed E-state index contributed by atoms with van der Waals surface area (Å²) in [5.74, 6) is 0.760. The number of hydrogen-bond donors (Lipinski definition) is 1. The van der Waals surface area contributed by atoms with Crippen LogP contribution in [0, 0.1) is 0 Å². The molecule has 1 N–H and O–H groups in total. The van der Waals surface area contributed by atoms with E-state index in [2.05, 4.69) is 12.1 Å². The first-order chi connectivity index (χ1) is 12.9. The predicted octanol–water partition coefficient (Wildman–Crippen LogP) is 4.39. The summed E-state index contributed by atoms with van der Waals surface area (Å²) < 4.78 is 39.1. The van der Waals surface area contributed by atoms with Crippen LogP contribution in [-0.4, -0.2) is 22.5 Å². The molecule has 0 aliphatic rings. The molecule has 3 aromatic carbocycles. The van der Waals surface area contributed by atoms with Gasteiger partial charge in [-0.2, -0.15) is 8.42 Å². The number of nitrogens with zero attached hydrogens (tertiary/aromatic N) is 2. The fourth-order valence-electron chi connectivity index (χ4n) is 3.64. The Bertz CT molecular complexity index is 1460. The maximum atomic E-state index is 11.3. The Morgan fingerprint density at radius 2 is 1.48 bits per heavy atom. The van der Waals surface area contributed by atoms with Gasteiger partial charge in [-0.05, 0) is 22.9 Å².